The van der Waals surface area contributed by atoms with Crippen molar-refractivity contribution < 1.29 is 4.79 Å². The molecule has 1 aliphatic heterocycles. The molecular weight excluding hydrogens is 448 g/mol. The van der Waals surface area contributed by atoms with Gasteiger partial charge in [0, 0.05) is 38.4 Å². The summed E-state index contributed by atoms with van der Waals surface area (Å²) in [6, 6.07) is 7.16. The summed E-state index contributed by atoms with van der Waals surface area (Å²) in [5.41, 5.74) is 12.7. The van der Waals surface area contributed by atoms with Gasteiger partial charge in [0.15, 0.2) is 11.2 Å². The van der Waals surface area contributed by atoms with Gasteiger partial charge in [-0.3, -0.25) is 18.7 Å². The Bertz CT molecular complexity index is 1440. The highest BCUT2D eigenvalue weighted by molar-refractivity contribution is 5.78. The van der Waals surface area contributed by atoms with Crippen LogP contribution in [0.4, 0.5) is 11.6 Å². The van der Waals surface area contributed by atoms with Crippen LogP contribution >= 0.6 is 0 Å². The van der Waals surface area contributed by atoms with Crippen molar-refractivity contribution in [1.82, 2.24) is 24.0 Å². The van der Waals surface area contributed by atoms with Gasteiger partial charge >= 0.3 is 5.69 Å². The van der Waals surface area contributed by atoms with Crippen LogP contribution in [0, 0.1) is 11.8 Å². The number of aryl methyl sites for hydroxylation is 1. The van der Waals surface area contributed by atoms with Gasteiger partial charge in [0.25, 0.3) is 5.56 Å². The minimum Gasteiger partial charge on any atom is -0.398 e. The zero-order chi connectivity index (χ0) is 25.1. The Morgan fingerprint density at radius 3 is 2.74 bits per heavy atom. The molecule has 1 fully saturated rings. The Hall–Kier alpha value is -4.04. The van der Waals surface area contributed by atoms with E-state index in [2.05, 4.69) is 22.1 Å². The van der Waals surface area contributed by atoms with Crippen LogP contribution in [0.15, 0.2) is 33.9 Å². The van der Waals surface area contributed by atoms with Crippen LogP contribution in [0.2, 0.25) is 0 Å². The van der Waals surface area contributed by atoms with Gasteiger partial charge in [0.2, 0.25) is 11.9 Å². The molecule has 5 N–H and O–H groups in total. The van der Waals surface area contributed by atoms with E-state index in [-0.39, 0.29) is 30.3 Å². The third-order valence-electron chi connectivity index (χ3n) is 6.20. The predicted octanol–water partition coefficient (Wildman–Crippen LogP) is -0.254. The molecular formula is C24H30N8O3. The lowest BCUT2D eigenvalue weighted by Crippen LogP contribution is -2.44. The molecule has 11 heteroatoms. The van der Waals surface area contributed by atoms with E-state index in [1.165, 1.54) is 11.6 Å². The summed E-state index contributed by atoms with van der Waals surface area (Å²) in [6.07, 6.45) is 1.82. The third kappa shape index (κ3) is 4.79. The molecule has 0 saturated carbocycles. The normalized spacial score (nSPS) is 15.6. The fraction of sp³-hybridized carbons (Fsp3) is 0.417. The molecule has 184 valence electrons. The molecule has 1 saturated heterocycles. The van der Waals surface area contributed by atoms with E-state index in [0.29, 0.717) is 18.2 Å². The first-order chi connectivity index (χ1) is 16.8. The van der Waals surface area contributed by atoms with E-state index in [9.17, 15) is 14.4 Å². The second-order valence-corrected chi connectivity index (χ2v) is 8.65. The number of nitrogens with two attached hydrogens (primary N) is 2. The molecule has 2 aromatic heterocycles. The van der Waals surface area contributed by atoms with Gasteiger partial charge in [-0.05, 0) is 31.4 Å². The van der Waals surface area contributed by atoms with Crippen LogP contribution in [-0.2, 0) is 31.5 Å². The molecule has 1 aliphatic rings. The van der Waals surface area contributed by atoms with E-state index < -0.39 is 23.7 Å². The number of aromatic nitrogens is 4. The van der Waals surface area contributed by atoms with E-state index in [1.807, 2.05) is 11.0 Å². The van der Waals surface area contributed by atoms with Gasteiger partial charge in [-0.1, -0.05) is 24.1 Å². The molecule has 3 aromatic rings. The highest BCUT2D eigenvalue weighted by Crippen LogP contribution is 2.22. The summed E-state index contributed by atoms with van der Waals surface area (Å²) < 4.78 is 3.93. The summed E-state index contributed by atoms with van der Waals surface area (Å²) in [6.45, 7) is 3.03. The van der Waals surface area contributed by atoms with Crippen molar-refractivity contribution in [3.8, 4) is 11.8 Å². The van der Waals surface area contributed by atoms with Crippen molar-refractivity contribution >= 4 is 28.7 Å². The fourth-order valence-corrected chi connectivity index (χ4v) is 4.33. The SMILES string of the molecule is CC#CCn1c(N2CCCC(N)C2)nc2c1c(=O)n(CC(=O)NCc1ccccc1N)c(=O)n2C. The number of rotatable bonds is 6. The number of amides is 1. The largest absolute Gasteiger partial charge is 0.398 e. The molecule has 0 radical (unpaired) electrons. The quantitative estimate of drug-likeness (QED) is 0.327. The zero-order valence-electron chi connectivity index (χ0n) is 20.0. The first-order valence-electron chi connectivity index (χ1n) is 11.5. The minimum atomic E-state index is -0.620. The summed E-state index contributed by atoms with van der Waals surface area (Å²) in [4.78, 5) is 45.9. The standard InChI is InChI=1S/C24H30N8O3/c1-3-4-12-31-20-21(28-23(31)30-11-7-9-17(25)14-30)29(2)24(35)32(22(20)34)15-19(33)27-13-16-8-5-6-10-18(16)26/h5-6,8,10,17H,7,9,11-15,25-26H2,1-2H3,(H,27,33). The number of imidazole rings is 1. The maximum absolute atomic E-state index is 13.5. The molecule has 3 heterocycles. The van der Waals surface area contributed by atoms with Gasteiger partial charge in [-0.2, -0.15) is 4.98 Å². The first-order valence-corrected chi connectivity index (χ1v) is 11.5. The Kier molecular flexibility index (Phi) is 6.93. The minimum absolute atomic E-state index is 0.00269. The lowest BCUT2D eigenvalue weighted by atomic mass is 10.1. The van der Waals surface area contributed by atoms with Crippen LogP contribution in [0.3, 0.4) is 0 Å². The average Bonchev–Trinajstić information content (AvgIpc) is 3.23. The lowest BCUT2D eigenvalue weighted by molar-refractivity contribution is -0.121. The number of nitrogen functional groups attached to an aromatic ring is 1. The number of para-hydroxylation sites is 1. The second kappa shape index (κ2) is 10.1. The number of fused-ring (bicyclic) bond motifs is 1. The van der Waals surface area contributed by atoms with Crippen molar-refractivity contribution in [2.45, 2.75) is 45.4 Å². The van der Waals surface area contributed by atoms with Gasteiger partial charge in [0.1, 0.15) is 6.54 Å². The van der Waals surface area contributed by atoms with Gasteiger partial charge in [-0.15, -0.1) is 5.92 Å². The number of anilines is 2. The number of hydrogen-bond donors (Lipinski definition) is 3. The lowest BCUT2D eigenvalue weighted by Gasteiger charge is -2.31. The van der Waals surface area contributed by atoms with Crippen LogP contribution in [0.1, 0.15) is 25.3 Å². The molecule has 35 heavy (non-hydrogen) atoms. The van der Waals surface area contributed by atoms with Crippen molar-refractivity contribution in [2.24, 2.45) is 12.8 Å². The van der Waals surface area contributed by atoms with Crippen molar-refractivity contribution in [3.63, 3.8) is 0 Å². The first kappa shape index (κ1) is 24.1. The molecule has 1 unspecified atom stereocenters. The maximum atomic E-state index is 13.5. The van der Waals surface area contributed by atoms with Gasteiger partial charge < -0.3 is 21.7 Å². The molecule has 11 nitrogen and oxygen atoms in total. The Morgan fingerprint density at radius 1 is 1.26 bits per heavy atom. The number of carbonyl (C=O) groups is 1. The van der Waals surface area contributed by atoms with Crippen LogP contribution in [0.5, 0.6) is 0 Å². The third-order valence-corrected chi connectivity index (χ3v) is 6.20. The summed E-state index contributed by atoms with van der Waals surface area (Å²) >= 11 is 0. The molecule has 1 amide bonds. The van der Waals surface area contributed by atoms with Crippen molar-refractivity contribution in [2.75, 3.05) is 23.7 Å². The highest BCUT2D eigenvalue weighted by Gasteiger charge is 2.26. The van der Waals surface area contributed by atoms with Crippen LogP contribution < -0.4 is 32.9 Å². The molecule has 0 spiro atoms. The van der Waals surface area contributed by atoms with Gasteiger partial charge in [-0.25, -0.2) is 9.36 Å². The monoisotopic (exact) mass is 478 g/mol. The molecule has 0 bridgehead atoms. The summed E-state index contributed by atoms with van der Waals surface area (Å²) in [5, 5.41) is 2.73. The van der Waals surface area contributed by atoms with E-state index in [1.54, 1.807) is 29.7 Å². The Morgan fingerprint density at radius 2 is 2.03 bits per heavy atom. The predicted molar refractivity (Wildman–Crippen MR) is 135 cm³/mol. The van der Waals surface area contributed by atoms with Crippen LogP contribution in [-0.4, -0.2) is 43.7 Å². The summed E-state index contributed by atoms with van der Waals surface area (Å²) in [5.74, 6) is 5.90. The molecule has 1 aromatic carbocycles. The van der Waals surface area contributed by atoms with Crippen LogP contribution in [0.25, 0.3) is 11.2 Å². The summed E-state index contributed by atoms with van der Waals surface area (Å²) in [7, 11) is 1.54. The number of hydrogen-bond acceptors (Lipinski definition) is 7. The van der Waals surface area contributed by atoms with E-state index in [0.717, 1.165) is 29.5 Å². The van der Waals surface area contributed by atoms with Crippen molar-refractivity contribution in [1.29, 1.82) is 0 Å². The number of piperidine rings is 1. The number of benzene rings is 1. The molecule has 4 rings (SSSR count). The maximum Gasteiger partial charge on any atom is 0.332 e. The molecule has 0 aliphatic carbocycles. The zero-order valence-corrected chi connectivity index (χ0v) is 20.0. The fourth-order valence-electron chi connectivity index (χ4n) is 4.33. The second-order valence-electron chi connectivity index (χ2n) is 8.65. The van der Waals surface area contributed by atoms with E-state index in [4.69, 9.17) is 11.5 Å². The number of nitrogens with zero attached hydrogens (tertiary/aromatic N) is 5. The smallest absolute Gasteiger partial charge is 0.332 e. The van der Waals surface area contributed by atoms with E-state index >= 15 is 0 Å². The van der Waals surface area contributed by atoms with Crippen molar-refractivity contribution in [3.05, 3.63) is 50.7 Å². The number of nitrogens with one attached hydrogen (secondary N) is 1. The van der Waals surface area contributed by atoms with Gasteiger partial charge in [0.05, 0.1) is 6.54 Å². The molecule has 1 atom stereocenters. The number of carbonyl (C=O) groups excluding carboxylic acids is 1. The average molecular weight is 479 g/mol. The Labute approximate surface area is 202 Å². The Balaban J connectivity index is 1.72. The topological polar surface area (TPSA) is 146 Å². The highest BCUT2D eigenvalue weighted by atomic mass is 16.2.